The molecule has 2 aromatic carbocycles. The van der Waals surface area contributed by atoms with Gasteiger partial charge in [0.15, 0.2) is 10.9 Å². The molecule has 13 heteroatoms. The van der Waals surface area contributed by atoms with Gasteiger partial charge in [-0.15, -0.1) is 10.2 Å². The summed E-state index contributed by atoms with van der Waals surface area (Å²) in [7, 11) is 0. The van der Waals surface area contributed by atoms with Crippen molar-refractivity contribution in [2.45, 2.75) is 6.92 Å². The quantitative estimate of drug-likeness (QED) is 0.213. The molecule has 3 heterocycles. The molecule has 5 rings (SSSR count). The molecule has 0 aliphatic rings. The summed E-state index contributed by atoms with van der Waals surface area (Å²) in [6, 6.07) is 17.7. The zero-order chi connectivity index (χ0) is 26.8. The first-order chi connectivity index (χ1) is 18.3. The van der Waals surface area contributed by atoms with Gasteiger partial charge in [-0.1, -0.05) is 41.4 Å². The van der Waals surface area contributed by atoms with Gasteiger partial charge in [0, 0.05) is 22.8 Å². The average molecular weight is 629 g/mol. The Balaban J connectivity index is 1.41. The van der Waals surface area contributed by atoms with Crippen LogP contribution in [0.1, 0.15) is 16.1 Å². The van der Waals surface area contributed by atoms with Gasteiger partial charge in [0.2, 0.25) is 11.8 Å². The molecule has 0 unspecified atom stereocenters. The van der Waals surface area contributed by atoms with E-state index in [1.807, 2.05) is 37.3 Å². The SMILES string of the molecule is Cc1cc(Cl)cc(-c2nnc(-c3ccccc3)o2)c1NC(=S)NC(=O)c1cc(Br)nn1-c1ncccc1Cl. The van der Waals surface area contributed by atoms with E-state index in [1.165, 1.54) is 10.7 Å². The van der Waals surface area contributed by atoms with Gasteiger partial charge in [-0.25, -0.2) is 9.67 Å². The highest BCUT2D eigenvalue weighted by molar-refractivity contribution is 9.10. The van der Waals surface area contributed by atoms with Crippen LogP contribution in [0.3, 0.4) is 0 Å². The highest BCUT2D eigenvalue weighted by Gasteiger charge is 2.21. The molecule has 0 radical (unpaired) electrons. The van der Waals surface area contributed by atoms with Gasteiger partial charge in [-0.2, -0.15) is 5.10 Å². The Morgan fingerprint density at radius 1 is 1.05 bits per heavy atom. The van der Waals surface area contributed by atoms with Gasteiger partial charge >= 0.3 is 0 Å². The van der Waals surface area contributed by atoms with Crippen molar-refractivity contribution < 1.29 is 9.21 Å². The number of hydrogen-bond acceptors (Lipinski definition) is 7. The van der Waals surface area contributed by atoms with Crippen LogP contribution in [-0.2, 0) is 0 Å². The number of carbonyl (C=O) groups excluding carboxylic acids is 1. The molecule has 0 fully saturated rings. The van der Waals surface area contributed by atoms with Crippen LogP contribution in [-0.4, -0.2) is 36.0 Å². The third kappa shape index (κ3) is 5.46. The van der Waals surface area contributed by atoms with Gasteiger partial charge in [0.1, 0.15) is 10.3 Å². The number of pyridine rings is 1. The van der Waals surface area contributed by atoms with E-state index >= 15 is 0 Å². The smallest absolute Gasteiger partial charge is 0.276 e. The lowest BCUT2D eigenvalue weighted by Gasteiger charge is -2.15. The van der Waals surface area contributed by atoms with Crippen LogP contribution in [0.15, 0.2) is 75.9 Å². The standard InChI is InChI=1S/C25H16BrCl2N7O2S/c1-13-10-15(27)11-16(24-33-32-23(37-24)14-6-3-2-4-7-14)20(13)30-25(38)31-22(36)18-12-19(26)34-35(18)21-17(28)8-5-9-29-21/h2-12H,1H3,(H2,30,31,36,38). The van der Waals surface area contributed by atoms with E-state index in [-0.39, 0.29) is 16.7 Å². The van der Waals surface area contributed by atoms with Gasteiger partial charge in [0.25, 0.3) is 5.91 Å². The summed E-state index contributed by atoms with van der Waals surface area (Å²) in [4.78, 5) is 17.4. The second kappa shape index (κ2) is 11.0. The molecule has 2 N–H and O–H groups in total. The van der Waals surface area contributed by atoms with E-state index in [1.54, 1.807) is 30.5 Å². The first-order valence-electron chi connectivity index (χ1n) is 11.0. The van der Waals surface area contributed by atoms with Crippen LogP contribution < -0.4 is 10.6 Å². The predicted molar refractivity (Wildman–Crippen MR) is 153 cm³/mol. The number of nitrogens with one attached hydrogen (secondary N) is 2. The summed E-state index contributed by atoms with van der Waals surface area (Å²) < 4.78 is 7.68. The van der Waals surface area contributed by atoms with Crippen molar-refractivity contribution in [3.05, 3.63) is 92.8 Å². The van der Waals surface area contributed by atoms with E-state index in [4.69, 9.17) is 39.8 Å². The monoisotopic (exact) mass is 627 g/mol. The average Bonchev–Trinajstić information content (AvgIpc) is 3.53. The highest BCUT2D eigenvalue weighted by atomic mass is 79.9. The van der Waals surface area contributed by atoms with Crippen LogP contribution in [0.4, 0.5) is 5.69 Å². The topological polar surface area (TPSA) is 111 Å². The Labute approximate surface area is 240 Å². The number of thiocarbonyl (C=S) groups is 1. The molecule has 1 amide bonds. The zero-order valence-electron chi connectivity index (χ0n) is 19.4. The van der Waals surface area contributed by atoms with Crippen molar-refractivity contribution in [1.82, 2.24) is 30.3 Å². The summed E-state index contributed by atoms with van der Waals surface area (Å²) in [5.41, 5.74) is 2.76. The van der Waals surface area contributed by atoms with E-state index in [2.05, 4.69) is 46.8 Å². The Morgan fingerprint density at radius 3 is 2.58 bits per heavy atom. The van der Waals surface area contributed by atoms with E-state index in [9.17, 15) is 4.79 Å². The molecule has 9 nitrogen and oxygen atoms in total. The van der Waals surface area contributed by atoms with E-state index in [0.29, 0.717) is 37.6 Å². The lowest BCUT2D eigenvalue weighted by atomic mass is 10.1. The van der Waals surface area contributed by atoms with Crippen molar-refractivity contribution in [3.63, 3.8) is 0 Å². The number of hydrogen-bond donors (Lipinski definition) is 2. The van der Waals surface area contributed by atoms with Crippen molar-refractivity contribution in [1.29, 1.82) is 0 Å². The molecule has 0 saturated carbocycles. The molecule has 38 heavy (non-hydrogen) atoms. The van der Waals surface area contributed by atoms with E-state index in [0.717, 1.165) is 11.1 Å². The summed E-state index contributed by atoms with van der Waals surface area (Å²) in [5, 5.41) is 19.2. The summed E-state index contributed by atoms with van der Waals surface area (Å²) in [5.74, 6) is 0.357. The Hall–Kier alpha value is -3.64. The summed E-state index contributed by atoms with van der Waals surface area (Å²) >= 11 is 21.4. The lowest BCUT2D eigenvalue weighted by molar-refractivity contribution is 0.0970. The molecular formula is C25H16BrCl2N7O2S. The van der Waals surface area contributed by atoms with Crippen molar-refractivity contribution in [2.24, 2.45) is 0 Å². The predicted octanol–water partition coefficient (Wildman–Crippen LogP) is 6.49. The normalized spacial score (nSPS) is 10.8. The second-order valence-corrected chi connectivity index (χ2v) is 9.97. The molecule has 0 aliphatic carbocycles. The minimum absolute atomic E-state index is 0.0282. The first kappa shape index (κ1) is 26.0. The Kier molecular flexibility index (Phi) is 7.52. The fourth-order valence-electron chi connectivity index (χ4n) is 3.63. The number of anilines is 1. The molecule has 0 bridgehead atoms. The van der Waals surface area contributed by atoms with Gasteiger partial charge in [-0.3, -0.25) is 10.1 Å². The number of aromatic nitrogens is 5. The lowest BCUT2D eigenvalue weighted by Crippen LogP contribution is -2.35. The third-order valence-corrected chi connectivity index (χ3v) is 6.40. The Bertz CT molecular complexity index is 1670. The number of halogens is 3. The maximum atomic E-state index is 13.2. The molecular weight excluding hydrogens is 613 g/mol. The van der Waals surface area contributed by atoms with Crippen molar-refractivity contribution in [3.8, 4) is 28.7 Å². The first-order valence-corrected chi connectivity index (χ1v) is 12.9. The minimum Gasteiger partial charge on any atom is -0.416 e. The summed E-state index contributed by atoms with van der Waals surface area (Å²) in [6.07, 6.45) is 1.55. The third-order valence-electron chi connectivity index (χ3n) is 5.29. The minimum atomic E-state index is -0.528. The molecule has 0 aliphatic heterocycles. The maximum Gasteiger partial charge on any atom is 0.276 e. The van der Waals surface area contributed by atoms with Gasteiger partial charge in [0.05, 0.1) is 16.3 Å². The van der Waals surface area contributed by atoms with Gasteiger partial charge in [-0.05, 0) is 77.0 Å². The zero-order valence-corrected chi connectivity index (χ0v) is 23.4. The number of rotatable bonds is 5. The summed E-state index contributed by atoms with van der Waals surface area (Å²) in [6.45, 7) is 1.84. The molecule has 0 saturated heterocycles. The van der Waals surface area contributed by atoms with Crippen LogP contribution in [0, 0.1) is 6.92 Å². The molecule has 190 valence electrons. The Morgan fingerprint density at radius 2 is 1.82 bits per heavy atom. The molecule has 5 aromatic rings. The molecule has 0 spiro atoms. The van der Waals surface area contributed by atoms with Crippen LogP contribution in [0.25, 0.3) is 28.7 Å². The fraction of sp³-hybridized carbons (Fsp3) is 0.0400. The fourth-order valence-corrected chi connectivity index (χ4v) is 4.67. The van der Waals surface area contributed by atoms with Crippen LogP contribution in [0.5, 0.6) is 0 Å². The number of benzene rings is 2. The van der Waals surface area contributed by atoms with Crippen molar-refractivity contribution >= 4 is 68.1 Å². The maximum absolute atomic E-state index is 13.2. The number of nitrogens with zero attached hydrogens (tertiary/aromatic N) is 5. The van der Waals surface area contributed by atoms with Crippen LogP contribution in [0.2, 0.25) is 10.0 Å². The van der Waals surface area contributed by atoms with Crippen molar-refractivity contribution in [2.75, 3.05) is 5.32 Å². The number of carbonyl (C=O) groups is 1. The van der Waals surface area contributed by atoms with Crippen LogP contribution >= 0.6 is 51.3 Å². The largest absolute Gasteiger partial charge is 0.416 e. The number of amides is 1. The molecule has 0 atom stereocenters. The highest BCUT2D eigenvalue weighted by Crippen LogP contribution is 2.34. The number of aryl methyl sites for hydroxylation is 1. The van der Waals surface area contributed by atoms with Gasteiger partial charge < -0.3 is 9.73 Å². The second-order valence-electron chi connectivity index (χ2n) is 7.90. The van der Waals surface area contributed by atoms with E-state index < -0.39 is 5.91 Å². The molecule has 3 aromatic heterocycles.